The van der Waals surface area contributed by atoms with Crippen LogP contribution in [-0.2, 0) is 4.79 Å². The first-order valence-corrected chi connectivity index (χ1v) is 12.9. The molecule has 4 rings (SSSR count). The molecule has 8 atom stereocenters. The number of hydrogen-bond acceptors (Lipinski definition) is 2. The molecule has 0 aromatic carbocycles. The topological polar surface area (TPSA) is 37.3 Å². The van der Waals surface area contributed by atoms with Crippen LogP contribution >= 0.6 is 0 Å². The van der Waals surface area contributed by atoms with Crippen LogP contribution in [0.25, 0.3) is 0 Å². The second-order valence-corrected chi connectivity index (χ2v) is 12.5. The molecule has 2 nitrogen and oxygen atoms in total. The van der Waals surface area contributed by atoms with Crippen LogP contribution in [0.5, 0.6) is 0 Å². The Labute approximate surface area is 179 Å². The van der Waals surface area contributed by atoms with E-state index in [4.69, 9.17) is 0 Å². The van der Waals surface area contributed by atoms with E-state index in [1.807, 2.05) is 0 Å². The smallest absolute Gasteiger partial charge is 0.165 e. The van der Waals surface area contributed by atoms with Gasteiger partial charge in [-0.3, -0.25) is 4.79 Å². The van der Waals surface area contributed by atoms with Gasteiger partial charge in [0.2, 0.25) is 0 Å². The molecule has 4 saturated carbocycles. The number of carbonyl (C=O) groups is 1. The first-order valence-electron chi connectivity index (χ1n) is 12.9. The summed E-state index contributed by atoms with van der Waals surface area (Å²) in [5.41, 5.74) is -0.783. The van der Waals surface area contributed by atoms with Gasteiger partial charge < -0.3 is 5.11 Å². The fourth-order valence-electron chi connectivity index (χ4n) is 9.09. The number of ketones is 1. The molecule has 166 valence electrons. The normalized spacial score (nSPS) is 48.2. The zero-order chi connectivity index (χ0) is 21.0. The molecular formula is C27H46O2. The van der Waals surface area contributed by atoms with Crippen LogP contribution in [0, 0.1) is 46.3 Å². The van der Waals surface area contributed by atoms with Crippen molar-refractivity contribution >= 4 is 5.78 Å². The van der Waals surface area contributed by atoms with Crippen molar-refractivity contribution in [2.24, 2.45) is 46.3 Å². The Bertz CT molecular complexity index is 626. The molecule has 0 unspecified atom stereocenters. The van der Waals surface area contributed by atoms with Crippen molar-refractivity contribution in [3.05, 3.63) is 0 Å². The van der Waals surface area contributed by atoms with Gasteiger partial charge in [-0.05, 0) is 79.4 Å². The molecule has 0 saturated heterocycles. The van der Waals surface area contributed by atoms with E-state index in [0.29, 0.717) is 36.0 Å². The summed E-state index contributed by atoms with van der Waals surface area (Å²) in [5, 5.41) is 11.5. The van der Waals surface area contributed by atoms with Crippen LogP contribution in [0.2, 0.25) is 0 Å². The van der Waals surface area contributed by atoms with Crippen LogP contribution < -0.4 is 0 Å². The monoisotopic (exact) mass is 402 g/mol. The first-order chi connectivity index (χ1) is 13.6. The number of rotatable bonds is 5. The van der Waals surface area contributed by atoms with Crippen LogP contribution in [0.15, 0.2) is 0 Å². The molecule has 4 fully saturated rings. The Hall–Kier alpha value is -0.370. The molecule has 4 aliphatic carbocycles. The second-order valence-electron chi connectivity index (χ2n) is 12.5. The van der Waals surface area contributed by atoms with Crippen molar-refractivity contribution in [3.63, 3.8) is 0 Å². The quantitative estimate of drug-likeness (QED) is 0.549. The van der Waals surface area contributed by atoms with E-state index in [1.165, 1.54) is 51.4 Å². The molecule has 4 aliphatic rings. The SMILES string of the molecule is CC(C)CCC[C@@H](C)[C@H]1CC[C@@H]2[C@@H]3CC(=O)[C@@]4(O)CCCC[C@]4(C)[C@@H]3CC[C@@]21C. The van der Waals surface area contributed by atoms with Crippen molar-refractivity contribution in [3.8, 4) is 0 Å². The Kier molecular flexibility index (Phi) is 5.76. The highest BCUT2D eigenvalue weighted by Crippen LogP contribution is 2.68. The summed E-state index contributed by atoms with van der Waals surface area (Å²) in [6.45, 7) is 12.1. The molecular weight excluding hydrogens is 356 g/mol. The van der Waals surface area contributed by atoms with Gasteiger partial charge in [0.1, 0.15) is 5.60 Å². The fraction of sp³-hybridized carbons (Fsp3) is 0.963. The number of aliphatic hydroxyl groups is 1. The van der Waals surface area contributed by atoms with Gasteiger partial charge >= 0.3 is 0 Å². The minimum Gasteiger partial charge on any atom is -0.381 e. The molecule has 0 aromatic heterocycles. The van der Waals surface area contributed by atoms with Gasteiger partial charge in [0.05, 0.1) is 0 Å². The lowest BCUT2D eigenvalue weighted by molar-refractivity contribution is -0.203. The van der Waals surface area contributed by atoms with Gasteiger partial charge in [-0.2, -0.15) is 0 Å². The fourth-order valence-corrected chi connectivity index (χ4v) is 9.09. The van der Waals surface area contributed by atoms with E-state index < -0.39 is 5.60 Å². The van der Waals surface area contributed by atoms with E-state index in [2.05, 4.69) is 34.6 Å². The molecule has 29 heavy (non-hydrogen) atoms. The van der Waals surface area contributed by atoms with Crippen molar-refractivity contribution in [1.29, 1.82) is 0 Å². The highest BCUT2D eigenvalue weighted by atomic mass is 16.3. The van der Waals surface area contributed by atoms with Crippen LogP contribution in [-0.4, -0.2) is 16.5 Å². The Morgan fingerprint density at radius 3 is 2.41 bits per heavy atom. The van der Waals surface area contributed by atoms with Gasteiger partial charge in [0.15, 0.2) is 5.78 Å². The van der Waals surface area contributed by atoms with E-state index in [0.717, 1.165) is 30.6 Å². The summed E-state index contributed by atoms with van der Waals surface area (Å²) < 4.78 is 0. The van der Waals surface area contributed by atoms with Gasteiger partial charge in [-0.25, -0.2) is 0 Å². The summed E-state index contributed by atoms with van der Waals surface area (Å²) in [6.07, 6.45) is 14.0. The summed E-state index contributed by atoms with van der Waals surface area (Å²) in [4.78, 5) is 13.3. The average molecular weight is 403 g/mol. The standard InChI is InChI=1S/C27H46O2/c1-18(2)9-8-10-19(3)21-11-12-22-20-17-24(28)27(29)15-7-6-14-26(27,5)23(20)13-16-25(21,22)4/h18-23,29H,6-17H2,1-5H3/t19-,20+,21-,22-,23-,25-,26-,27+/m1/s1. The number of Topliss-reactive ketones (excluding diaryl/α,β-unsaturated/α-hetero) is 1. The largest absolute Gasteiger partial charge is 0.381 e. The molecule has 0 aromatic rings. The van der Waals surface area contributed by atoms with Gasteiger partial charge in [-0.1, -0.05) is 66.7 Å². The molecule has 0 radical (unpaired) electrons. The zero-order valence-corrected chi connectivity index (χ0v) is 19.8. The summed E-state index contributed by atoms with van der Waals surface area (Å²) in [6, 6.07) is 0. The number of fused-ring (bicyclic) bond motifs is 5. The predicted octanol–water partition coefficient (Wildman–Crippen LogP) is 6.79. The summed E-state index contributed by atoms with van der Waals surface area (Å²) in [5.74, 6) is 4.42. The van der Waals surface area contributed by atoms with E-state index in [-0.39, 0.29) is 11.2 Å². The van der Waals surface area contributed by atoms with Gasteiger partial charge in [0.25, 0.3) is 0 Å². The van der Waals surface area contributed by atoms with Crippen molar-refractivity contribution in [2.45, 2.75) is 117 Å². The maximum absolute atomic E-state index is 13.3. The van der Waals surface area contributed by atoms with E-state index >= 15 is 0 Å². The van der Waals surface area contributed by atoms with Crippen molar-refractivity contribution < 1.29 is 9.90 Å². The molecule has 2 heteroatoms. The maximum atomic E-state index is 13.3. The zero-order valence-electron chi connectivity index (χ0n) is 19.8. The third-order valence-electron chi connectivity index (χ3n) is 10.8. The summed E-state index contributed by atoms with van der Waals surface area (Å²) in [7, 11) is 0. The Balaban J connectivity index is 1.53. The van der Waals surface area contributed by atoms with E-state index in [9.17, 15) is 9.90 Å². The highest BCUT2D eigenvalue weighted by Gasteiger charge is 2.66. The molecule has 0 heterocycles. The van der Waals surface area contributed by atoms with Crippen molar-refractivity contribution in [1.82, 2.24) is 0 Å². The minimum absolute atomic E-state index is 0.173. The van der Waals surface area contributed by atoms with Crippen molar-refractivity contribution in [2.75, 3.05) is 0 Å². The number of hydrogen-bond donors (Lipinski definition) is 1. The minimum atomic E-state index is -1.03. The second kappa shape index (κ2) is 7.64. The third-order valence-corrected chi connectivity index (χ3v) is 10.8. The Morgan fingerprint density at radius 1 is 0.966 bits per heavy atom. The van der Waals surface area contributed by atoms with Crippen LogP contribution in [0.4, 0.5) is 0 Å². The molecule has 0 spiro atoms. The molecule has 0 aliphatic heterocycles. The third kappa shape index (κ3) is 3.26. The van der Waals surface area contributed by atoms with Crippen LogP contribution in [0.3, 0.4) is 0 Å². The first kappa shape index (κ1) is 21.8. The van der Waals surface area contributed by atoms with E-state index in [1.54, 1.807) is 0 Å². The lowest BCUT2D eigenvalue weighted by Crippen LogP contribution is -2.65. The lowest BCUT2D eigenvalue weighted by atomic mass is 9.43. The highest BCUT2D eigenvalue weighted by molar-refractivity contribution is 5.89. The molecule has 0 bridgehead atoms. The van der Waals surface area contributed by atoms with Gasteiger partial charge in [0, 0.05) is 11.8 Å². The maximum Gasteiger partial charge on any atom is 0.165 e. The number of carbonyl (C=O) groups excluding carboxylic acids is 1. The van der Waals surface area contributed by atoms with Gasteiger partial charge in [-0.15, -0.1) is 0 Å². The predicted molar refractivity (Wildman–Crippen MR) is 120 cm³/mol. The summed E-state index contributed by atoms with van der Waals surface area (Å²) >= 11 is 0. The average Bonchev–Trinajstić information content (AvgIpc) is 3.01. The molecule has 0 amide bonds. The van der Waals surface area contributed by atoms with Crippen LogP contribution in [0.1, 0.15) is 112 Å². The molecule has 1 N–H and O–H groups in total. The Morgan fingerprint density at radius 2 is 1.69 bits per heavy atom. The lowest BCUT2D eigenvalue weighted by Gasteiger charge is -2.62.